The Bertz CT molecular complexity index is 116. The predicted molar refractivity (Wildman–Crippen MR) is 47.5 cm³/mol. The summed E-state index contributed by atoms with van der Waals surface area (Å²) < 4.78 is 0. The molecule has 1 radical (unpaired) electrons. The first-order valence-electron chi connectivity index (χ1n) is 4.39. The number of hydrogen-bond donors (Lipinski definition) is 0. The minimum absolute atomic E-state index is 0.700. The third-order valence-corrected chi connectivity index (χ3v) is 3.45. The maximum atomic E-state index is 2.41. The Labute approximate surface area is 65.6 Å². The van der Waals surface area contributed by atoms with Crippen molar-refractivity contribution < 1.29 is 0 Å². The maximum absolute atomic E-state index is 2.41. The summed E-state index contributed by atoms with van der Waals surface area (Å²) in [6, 6.07) is 0. The first kappa shape index (κ1) is 8.16. The molecule has 0 amide bonds. The summed E-state index contributed by atoms with van der Waals surface area (Å²) in [7, 11) is 2.33. The third-order valence-electron chi connectivity index (χ3n) is 3.45. The van der Waals surface area contributed by atoms with Gasteiger partial charge in [0.1, 0.15) is 7.28 Å². The van der Waals surface area contributed by atoms with Gasteiger partial charge in [-0.25, -0.2) is 0 Å². The van der Waals surface area contributed by atoms with Crippen LogP contribution >= 0.6 is 0 Å². The van der Waals surface area contributed by atoms with Crippen molar-refractivity contribution in [1.29, 1.82) is 0 Å². The Hall–Kier alpha value is 0.0649. The van der Waals surface area contributed by atoms with Crippen LogP contribution in [0.3, 0.4) is 0 Å². The first-order valence-corrected chi connectivity index (χ1v) is 4.39. The largest absolute Gasteiger partial charge is 0.110 e. The van der Waals surface area contributed by atoms with Crippen LogP contribution in [0.2, 0.25) is 12.6 Å². The Kier molecular flexibility index (Phi) is 2.12. The lowest BCUT2D eigenvalue weighted by Gasteiger charge is -2.24. The fraction of sp³-hybridized carbons (Fsp3) is 1.00. The first-order chi connectivity index (χ1) is 4.60. The van der Waals surface area contributed by atoms with Gasteiger partial charge in [-0.3, -0.25) is 0 Å². The summed E-state index contributed by atoms with van der Waals surface area (Å²) in [5, 5.41) is 0. The highest BCUT2D eigenvalue weighted by Gasteiger charge is 2.43. The smallest absolute Gasteiger partial charge is 0.0917 e. The predicted octanol–water partition coefficient (Wildman–Crippen LogP) is 2.98. The van der Waals surface area contributed by atoms with E-state index in [-0.39, 0.29) is 0 Å². The van der Waals surface area contributed by atoms with Gasteiger partial charge in [-0.2, -0.15) is 0 Å². The fourth-order valence-electron chi connectivity index (χ4n) is 1.58. The SMILES string of the molecule is C[B]C(C)C(C)C1(C)CC1. The van der Waals surface area contributed by atoms with Gasteiger partial charge in [-0.15, -0.1) is 0 Å². The van der Waals surface area contributed by atoms with Crippen LogP contribution in [0.5, 0.6) is 0 Å². The summed E-state index contributed by atoms with van der Waals surface area (Å²) in [6.45, 7) is 9.30. The van der Waals surface area contributed by atoms with E-state index in [0.29, 0.717) is 5.41 Å². The van der Waals surface area contributed by atoms with E-state index in [1.54, 1.807) is 0 Å². The molecule has 1 saturated carbocycles. The Morgan fingerprint density at radius 3 is 2.10 bits per heavy atom. The molecule has 10 heavy (non-hydrogen) atoms. The molecule has 0 spiro atoms. The minimum Gasteiger partial charge on any atom is -0.0917 e. The molecule has 0 aliphatic heterocycles. The van der Waals surface area contributed by atoms with Crippen LogP contribution in [0.25, 0.3) is 0 Å². The van der Waals surface area contributed by atoms with Crippen molar-refractivity contribution in [2.45, 2.75) is 46.3 Å². The Morgan fingerprint density at radius 2 is 1.80 bits per heavy atom. The van der Waals surface area contributed by atoms with E-state index in [2.05, 4.69) is 34.9 Å². The monoisotopic (exact) mass is 137 g/mol. The summed E-state index contributed by atoms with van der Waals surface area (Å²) in [6.07, 6.45) is 2.90. The van der Waals surface area contributed by atoms with Crippen molar-refractivity contribution in [2.75, 3.05) is 0 Å². The molecule has 57 valence electrons. The molecule has 1 aliphatic rings. The van der Waals surface area contributed by atoms with Crippen LogP contribution in [-0.4, -0.2) is 7.28 Å². The minimum atomic E-state index is 0.700. The van der Waals surface area contributed by atoms with Crippen LogP contribution < -0.4 is 0 Å². The molecule has 2 atom stereocenters. The highest BCUT2D eigenvalue weighted by molar-refractivity contribution is 6.35. The van der Waals surface area contributed by atoms with Crippen LogP contribution in [0, 0.1) is 11.3 Å². The van der Waals surface area contributed by atoms with Crippen LogP contribution in [-0.2, 0) is 0 Å². The van der Waals surface area contributed by atoms with Crippen molar-refractivity contribution in [3.63, 3.8) is 0 Å². The summed E-state index contributed by atoms with van der Waals surface area (Å²) in [4.78, 5) is 0. The van der Waals surface area contributed by atoms with Crippen LogP contribution in [0.1, 0.15) is 33.6 Å². The molecule has 0 bridgehead atoms. The molecule has 0 heterocycles. The summed E-state index contributed by atoms with van der Waals surface area (Å²) in [5.74, 6) is 1.69. The second kappa shape index (κ2) is 2.60. The lowest BCUT2D eigenvalue weighted by molar-refractivity contribution is 0.353. The van der Waals surface area contributed by atoms with E-state index in [0.717, 1.165) is 11.7 Å². The van der Waals surface area contributed by atoms with Crippen molar-refractivity contribution >= 4 is 7.28 Å². The molecule has 1 rings (SSSR count). The van der Waals surface area contributed by atoms with E-state index in [1.165, 1.54) is 12.8 Å². The van der Waals surface area contributed by atoms with Gasteiger partial charge in [0.05, 0.1) is 0 Å². The van der Waals surface area contributed by atoms with E-state index in [9.17, 15) is 0 Å². The average Bonchev–Trinajstić information content (AvgIpc) is 2.66. The highest BCUT2D eigenvalue weighted by atomic mass is 14.5. The zero-order chi connectivity index (χ0) is 7.78. The molecule has 0 saturated heterocycles. The van der Waals surface area contributed by atoms with Crippen molar-refractivity contribution in [1.82, 2.24) is 0 Å². The van der Waals surface area contributed by atoms with E-state index >= 15 is 0 Å². The van der Waals surface area contributed by atoms with E-state index in [4.69, 9.17) is 0 Å². The summed E-state index contributed by atoms with van der Waals surface area (Å²) >= 11 is 0. The molecule has 0 aromatic carbocycles. The van der Waals surface area contributed by atoms with Gasteiger partial charge in [0.15, 0.2) is 0 Å². The fourth-order valence-corrected chi connectivity index (χ4v) is 1.58. The molecule has 2 unspecified atom stereocenters. The third kappa shape index (κ3) is 1.38. The maximum Gasteiger partial charge on any atom is 0.110 e. The Morgan fingerprint density at radius 1 is 1.30 bits per heavy atom. The topological polar surface area (TPSA) is 0 Å². The molecule has 0 aromatic heterocycles. The van der Waals surface area contributed by atoms with Gasteiger partial charge in [0.2, 0.25) is 0 Å². The van der Waals surface area contributed by atoms with Gasteiger partial charge >= 0.3 is 0 Å². The van der Waals surface area contributed by atoms with Crippen LogP contribution in [0.15, 0.2) is 0 Å². The zero-order valence-corrected chi connectivity index (χ0v) is 7.65. The van der Waals surface area contributed by atoms with Gasteiger partial charge in [0, 0.05) is 0 Å². The molecule has 0 nitrogen and oxygen atoms in total. The van der Waals surface area contributed by atoms with Gasteiger partial charge < -0.3 is 0 Å². The molecule has 1 fully saturated rings. The standard InChI is InChI=1S/C9H18B/c1-7(8(2)10-4)9(3)5-6-9/h7-8H,5-6H2,1-4H3. The number of hydrogen-bond acceptors (Lipinski definition) is 0. The Balaban J connectivity index is 2.40. The van der Waals surface area contributed by atoms with Gasteiger partial charge in [0.25, 0.3) is 0 Å². The molecule has 0 N–H and O–H groups in total. The molecular weight excluding hydrogens is 119 g/mol. The molecule has 1 aliphatic carbocycles. The van der Waals surface area contributed by atoms with Gasteiger partial charge in [-0.1, -0.05) is 33.4 Å². The zero-order valence-electron chi connectivity index (χ0n) is 7.65. The van der Waals surface area contributed by atoms with Crippen molar-refractivity contribution in [3.8, 4) is 0 Å². The second-order valence-corrected chi connectivity index (χ2v) is 4.14. The van der Waals surface area contributed by atoms with Crippen molar-refractivity contribution in [3.05, 3.63) is 0 Å². The lowest BCUT2D eigenvalue weighted by atomic mass is 9.59. The molecule has 0 aromatic rings. The average molecular weight is 137 g/mol. The number of rotatable bonds is 3. The van der Waals surface area contributed by atoms with Crippen molar-refractivity contribution in [2.24, 2.45) is 11.3 Å². The quantitative estimate of drug-likeness (QED) is 0.524. The second-order valence-electron chi connectivity index (χ2n) is 4.14. The summed E-state index contributed by atoms with van der Waals surface area (Å²) in [5.41, 5.74) is 0.700. The van der Waals surface area contributed by atoms with E-state index < -0.39 is 0 Å². The highest BCUT2D eigenvalue weighted by Crippen LogP contribution is 2.54. The van der Waals surface area contributed by atoms with Gasteiger partial charge in [-0.05, 0) is 24.2 Å². The lowest BCUT2D eigenvalue weighted by Crippen LogP contribution is -2.16. The van der Waals surface area contributed by atoms with Crippen LogP contribution in [0.4, 0.5) is 0 Å². The molecular formula is C9H18B. The normalized spacial score (nSPS) is 27.2. The van der Waals surface area contributed by atoms with E-state index in [1.807, 2.05) is 0 Å². The molecule has 1 heteroatoms.